The second kappa shape index (κ2) is 4.56. The molecule has 1 amide bonds. The predicted molar refractivity (Wildman–Crippen MR) is 67.6 cm³/mol. The maximum absolute atomic E-state index is 11.9. The number of hydrogen-bond donors (Lipinski definition) is 1. The molecule has 3 aromatic heterocycles. The molecule has 6 nitrogen and oxygen atoms in total. The molecule has 1 N–H and O–H groups in total. The third-order valence-corrected chi connectivity index (χ3v) is 2.92. The van der Waals surface area contributed by atoms with Crippen LogP contribution in [0.4, 0.5) is 0 Å². The van der Waals surface area contributed by atoms with Crippen molar-refractivity contribution in [2.24, 2.45) is 0 Å². The number of nitrogens with zero attached hydrogens (tertiary/aromatic N) is 3. The number of carbonyl (C=O) groups excluding carboxylic acids is 1. The van der Waals surface area contributed by atoms with E-state index in [-0.39, 0.29) is 5.91 Å². The van der Waals surface area contributed by atoms with Crippen LogP contribution < -0.4 is 5.32 Å². The van der Waals surface area contributed by atoms with Gasteiger partial charge in [0.25, 0.3) is 5.91 Å². The third kappa shape index (κ3) is 2.08. The summed E-state index contributed by atoms with van der Waals surface area (Å²) < 4.78 is 6.78. The lowest BCUT2D eigenvalue weighted by Gasteiger charge is -2.05. The van der Waals surface area contributed by atoms with Gasteiger partial charge >= 0.3 is 0 Å². The molecule has 0 aliphatic heterocycles. The van der Waals surface area contributed by atoms with Crippen LogP contribution in [-0.4, -0.2) is 20.5 Å². The fourth-order valence-corrected chi connectivity index (χ4v) is 1.95. The summed E-state index contributed by atoms with van der Waals surface area (Å²) in [7, 11) is 0. The van der Waals surface area contributed by atoms with E-state index in [0.29, 0.717) is 18.0 Å². The van der Waals surface area contributed by atoms with Gasteiger partial charge in [-0.25, -0.2) is 9.50 Å². The molecule has 19 heavy (non-hydrogen) atoms. The Morgan fingerprint density at radius 1 is 1.47 bits per heavy atom. The summed E-state index contributed by atoms with van der Waals surface area (Å²) in [6, 6.07) is 5.75. The number of rotatable bonds is 3. The Kier molecular flexibility index (Phi) is 2.75. The minimum absolute atomic E-state index is 0.243. The average Bonchev–Trinajstić information content (AvgIpc) is 3.04. The van der Waals surface area contributed by atoms with Crippen molar-refractivity contribution in [3.8, 4) is 0 Å². The second-order valence-electron chi connectivity index (χ2n) is 4.13. The van der Waals surface area contributed by atoms with Gasteiger partial charge in [0.1, 0.15) is 5.76 Å². The van der Waals surface area contributed by atoms with Gasteiger partial charge in [0.15, 0.2) is 12.1 Å². The summed E-state index contributed by atoms with van der Waals surface area (Å²) in [6.07, 6.45) is 4.85. The van der Waals surface area contributed by atoms with E-state index in [9.17, 15) is 4.79 Å². The molecule has 0 bridgehead atoms. The van der Waals surface area contributed by atoms with Crippen LogP contribution in [0.3, 0.4) is 0 Å². The van der Waals surface area contributed by atoms with Crippen LogP contribution in [-0.2, 0) is 6.54 Å². The molecule has 3 aromatic rings. The number of pyridine rings is 1. The summed E-state index contributed by atoms with van der Waals surface area (Å²) in [5.74, 6) is 0.271. The van der Waals surface area contributed by atoms with Crippen LogP contribution in [0.5, 0.6) is 0 Å². The SMILES string of the molecule is Cc1ocnc1C(=O)NCc1cccn2nccc12. The average molecular weight is 256 g/mol. The molecule has 3 rings (SSSR count). The zero-order valence-corrected chi connectivity index (χ0v) is 10.3. The van der Waals surface area contributed by atoms with Crippen molar-refractivity contribution >= 4 is 11.4 Å². The molecule has 0 atom stereocenters. The van der Waals surface area contributed by atoms with Crippen molar-refractivity contribution < 1.29 is 9.21 Å². The first-order valence-corrected chi connectivity index (χ1v) is 5.85. The standard InChI is InChI=1S/C13H12N4O2/c1-9-12(15-8-19-9)13(18)14-7-10-3-2-6-17-11(10)4-5-16-17/h2-6,8H,7H2,1H3,(H,14,18). The summed E-state index contributed by atoms with van der Waals surface area (Å²) in [5.41, 5.74) is 2.29. The zero-order valence-electron chi connectivity index (χ0n) is 10.3. The van der Waals surface area contributed by atoms with E-state index in [1.807, 2.05) is 24.4 Å². The lowest BCUT2D eigenvalue weighted by Crippen LogP contribution is -2.24. The molecule has 0 saturated carbocycles. The predicted octanol–water partition coefficient (Wildman–Crippen LogP) is 1.56. The van der Waals surface area contributed by atoms with Crippen molar-refractivity contribution in [1.29, 1.82) is 0 Å². The van der Waals surface area contributed by atoms with Crippen molar-refractivity contribution in [3.05, 3.63) is 54.0 Å². The number of hydrogen-bond acceptors (Lipinski definition) is 4. The zero-order chi connectivity index (χ0) is 13.2. The molecule has 3 heterocycles. The van der Waals surface area contributed by atoms with Crippen LogP contribution in [0.2, 0.25) is 0 Å². The lowest BCUT2D eigenvalue weighted by atomic mass is 10.2. The molecule has 0 radical (unpaired) electrons. The highest BCUT2D eigenvalue weighted by atomic mass is 16.3. The van der Waals surface area contributed by atoms with Crippen molar-refractivity contribution in [3.63, 3.8) is 0 Å². The Balaban J connectivity index is 1.78. The fourth-order valence-electron chi connectivity index (χ4n) is 1.95. The maximum Gasteiger partial charge on any atom is 0.273 e. The van der Waals surface area contributed by atoms with Gasteiger partial charge in [0.2, 0.25) is 0 Å². The number of amides is 1. The number of aryl methyl sites for hydroxylation is 1. The Hall–Kier alpha value is -2.63. The minimum atomic E-state index is -0.243. The number of aromatic nitrogens is 3. The Morgan fingerprint density at radius 3 is 3.16 bits per heavy atom. The summed E-state index contributed by atoms with van der Waals surface area (Å²) >= 11 is 0. The van der Waals surface area contributed by atoms with Crippen LogP contribution >= 0.6 is 0 Å². The monoisotopic (exact) mass is 256 g/mol. The van der Waals surface area contributed by atoms with Gasteiger partial charge < -0.3 is 9.73 Å². The van der Waals surface area contributed by atoms with Crippen molar-refractivity contribution in [2.75, 3.05) is 0 Å². The van der Waals surface area contributed by atoms with Gasteiger partial charge in [0, 0.05) is 18.9 Å². The first-order chi connectivity index (χ1) is 9.25. The Bertz CT molecular complexity index is 729. The fraction of sp³-hybridized carbons (Fsp3) is 0.154. The molecule has 0 spiro atoms. The highest BCUT2D eigenvalue weighted by Gasteiger charge is 2.13. The number of carbonyl (C=O) groups is 1. The van der Waals surface area contributed by atoms with E-state index in [4.69, 9.17) is 4.42 Å². The van der Waals surface area contributed by atoms with Crippen LogP contribution in [0.15, 0.2) is 41.4 Å². The maximum atomic E-state index is 11.9. The summed E-state index contributed by atoms with van der Waals surface area (Å²) in [4.78, 5) is 15.8. The van der Waals surface area contributed by atoms with Crippen molar-refractivity contribution in [1.82, 2.24) is 19.9 Å². The first-order valence-electron chi connectivity index (χ1n) is 5.85. The van der Waals surface area contributed by atoms with Gasteiger partial charge in [-0.3, -0.25) is 4.79 Å². The van der Waals surface area contributed by atoms with E-state index in [1.165, 1.54) is 6.39 Å². The van der Waals surface area contributed by atoms with E-state index in [2.05, 4.69) is 15.4 Å². The molecule has 6 heteroatoms. The van der Waals surface area contributed by atoms with E-state index in [0.717, 1.165) is 11.1 Å². The third-order valence-electron chi connectivity index (χ3n) is 2.92. The van der Waals surface area contributed by atoms with Crippen LogP contribution in [0, 0.1) is 6.92 Å². The molecular formula is C13H12N4O2. The number of fused-ring (bicyclic) bond motifs is 1. The molecule has 0 fully saturated rings. The smallest absolute Gasteiger partial charge is 0.273 e. The van der Waals surface area contributed by atoms with E-state index < -0.39 is 0 Å². The largest absolute Gasteiger partial charge is 0.448 e. The minimum Gasteiger partial charge on any atom is -0.448 e. The summed E-state index contributed by atoms with van der Waals surface area (Å²) in [6.45, 7) is 2.13. The molecule has 0 aliphatic rings. The van der Waals surface area contributed by atoms with Gasteiger partial charge in [0.05, 0.1) is 5.52 Å². The molecule has 96 valence electrons. The molecule has 0 unspecified atom stereocenters. The Labute approximate surface area is 109 Å². The highest BCUT2D eigenvalue weighted by Crippen LogP contribution is 2.10. The van der Waals surface area contributed by atoms with E-state index >= 15 is 0 Å². The van der Waals surface area contributed by atoms with Gasteiger partial charge in [-0.1, -0.05) is 6.07 Å². The Morgan fingerprint density at radius 2 is 2.37 bits per heavy atom. The lowest BCUT2D eigenvalue weighted by molar-refractivity contribution is 0.0945. The van der Waals surface area contributed by atoms with Gasteiger partial charge in [-0.05, 0) is 24.6 Å². The van der Waals surface area contributed by atoms with Gasteiger partial charge in [-0.2, -0.15) is 5.10 Å². The van der Waals surface area contributed by atoms with Crippen molar-refractivity contribution in [2.45, 2.75) is 13.5 Å². The van der Waals surface area contributed by atoms with E-state index in [1.54, 1.807) is 17.6 Å². The molecule has 0 saturated heterocycles. The summed E-state index contributed by atoms with van der Waals surface area (Å²) in [5, 5.41) is 6.97. The normalized spacial score (nSPS) is 10.8. The number of oxazole rings is 1. The van der Waals surface area contributed by atoms with Gasteiger partial charge in [-0.15, -0.1) is 0 Å². The highest BCUT2D eigenvalue weighted by molar-refractivity contribution is 5.93. The molecular weight excluding hydrogens is 244 g/mol. The second-order valence-corrected chi connectivity index (χ2v) is 4.13. The molecule has 0 aromatic carbocycles. The van der Waals surface area contributed by atoms with Crippen LogP contribution in [0.1, 0.15) is 21.8 Å². The number of nitrogens with one attached hydrogen (secondary N) is 1. The quantitative estimate of drug-likeness (QED) is 0.771. The topological polar surface area (TPSA) is 72.4 Å². The van der Waals surface area contributed by atoms with Crippen LogP contribution in [0.25, 0.3) is 5.52 Å². The molecule has 0 aliphatic carbocycles. The first kappa shape index (κ1) is 11.5.